The molecule has 1 rings (SSSR count). The van der Waals surface area contributed by atoms with Crippen molar-refractivity contribution in [3.05, 3.63) is 66.3 Å². The van der Waals surface area contributed by atoms with E-state index in [1.807, 2.05) is 49.4 Å². The van der Waals surface area contributed by atoms with Crippen LogP contribution in [0.25, 0.3) is 0 Å². The monoisotopic (exact) mass is 257 g/mol. The summed E-state index contributed by atoms with van der Waals surface area (Å²) in [5.74, 6) is 0.800. The van der Waals surface area contributed by atoms with Crippen LogP contribution < -0.4 is 10.1 Å². The minimum absolute atomic E-state index is 0.502. The molecule has 0 heterocycles. The molecule has 1 N–H and O–H groups in total. The smallest absolute Gasteiger partial charge is 0.207 e. The Kier molecular flexibility index (Phi) is 6.80. The van der Waals surface area contributed by atoms with Crippen molar-refractivity contribution in [1.29, 1.82) is 0 Å². The zero-order valence-corrected chi connectivity index (χ0v) is 11.1. The van der Waals surface area contributed by atoms with Crippen LogP contribution in [-0.2, 0) is 11.3 Å². The molecule has 0 aliphatic carbocycles. The maximum atomic E-state index is 10.2. The molecule has 19 heavy (non-hydrogen) atoms. The van der Waals surface area contributed by atoms with E-state index < -0.39 is 0 Å². The zero-order valence-electron chi connectivity index (χ0n) is 11.1. The van der Waals surface area contributed by atoms with Gasteiger partial charge >= 0.3 is 0 Å². The lowest BCUT2D eigenvalue weighted by Gasteiger charge is -2.07. The van der Waals surface area contributed by atoms with E-state index in [-0.39, 0.29) is 0 Å². The average molecular weight is 257 g/mol. The molecule has 0 bridgehead atoms. The molecule has 1 aromatic rings. The molecular formula is C16H19NO2. The molecule has 0 saturated carbocycles. The lowest BCUT2D eigenvalue weighted by molar-refractivity contribution is -0.109. The van der Waals surface area contributed by atoms with Crippen molar-refractivity contribution in [3.8, 4) is 5.75 Å². The van der Waals surface area contributed by atoms with Gasteiger partial charge in [-0.1, -0.05) is 43.0 Å². The minimum Gasteiger partial charge on any atom is -0.489 e. The Morgan fingerprint density at radius 3 is 2.68 bits per heavy atom. The topological polar surface area (TPSA) is 38.3 Å². The van der Waals surface area contributed by atoms with Crippen LogP contribution in [0.4, 0.5) is 0 Å². The molecule has 0 spiro atoms. The van der Waals surface area contributed by atoms with E-state index >= 15 is 0 Å². The van der Waals surface area contributed by atoms with E-state index in [4.69, 9.17) is 4.74 Å². The van der Waals surface area contributed by atoms with Crippen molar-refractivity contribution in [1.82, 2.24) is 5.32 Å². The SMILES string of the molecule is C=C/C=C(\C=C/C)COc1ccc(CNC=O)cc1. The van der Waals surface area contributed by atoms with E-state index in [1.54, 1.807) is 6.08 Å². The predicted molar refractivity (Wildman–Crippen MR) is 77.9 cm³/mol. The lowest BCUT2D eigenvalue weighted by Crippen LogP contribution is -2.09. The van der Waals surface area contributed by atoms with Crippen molar-refractivity contribution in [2.24, 2.45) is 0 Å². The highest BCUT2D eigenvalue weighted by atomic mass is 16.5. The van der Waals surface area contributed by atoms with Crippen LogP contribution in [0.3, 0.4) is 0 Å². The fourth-order valence-corrected chi connectivity index (χ4v) is 1.55. The van der Waals surface area contributed by atoms with Gasteiger partial charge in [0.1, 0.15) is 12.4 Å². The normalized spacial score (nSPS) is 11.3. The first-order chi connectivity index (χ1) is 9.30. The number of benzene rings is 1. The number of carbonyl (C=O) groups is 1. The second-order valence-corrected chi connectivity index (χ2v) is 3.91. The van der Waals surface area contributed by atoms with Crippen molar-refractivity contribution >= 4 is 6.41 Å². The zero-order chi connectivity index (χ0) is 13.9. The Hall–Kier alpha value is -2.29. The van der Waals surface area contributed by atoms with Crippen molar-refractivity contribution < 1.29 is 9.53 Å². The summed E-state index contributed by atoms with van der Waals surface area (Å²) < 4.78 is 5.68. The number of hydrogen-bond donors (Lipinski definition) is 1. The van der Waals surface area contributed by atoms with Gasteiger partial charge in [0.25, 0.3) is 0 Å². The number of allylic oxidation sites excluding steroid dienone is 3. The molecule has 0 saturated heterocycles. The van der Waals surface area contributed by atoms with Gasteiger partial charge in [0.2, 0.25) is 6.41 Å². The molecule has 0 unspecified atom stereocenters. The summed E-state index contributed by atoms with van der Waals surface area (Å²) in [4.78, 5) is 10.2. The fourth-order valence-electron chi connectivity index (χ4n) is 1.55. The largest absolute Gasteiger partial charge is 0.489 e. The molecule has 3 heteroatoms. The van der Waals surface area contributed by atoms with Crippen molar-refractivity contribution in [3.63, 3.8) is 0 Å². The standard InChI is InChI=1S/C16H19NO2/c1-3-5-15(6-4-2)12-19-16-9-7-14(8-10-16)11-17-13-18/h3-10,13H,1,11-12H2,2H3,(H,17,18)/b6-4-,15-5+. The Morgan fingerprint density at radius 1 is 1.37 bits per heavy atom. The Bertz CT molecular complexity index is 458. The molecule has 0 aromatic heterocycles. The molecule has 0 aliphatic rings. The molecule has 100 valence electrons. The van der Waals surface area contributed by atoms with Crippen molar-refractivity contribution in [2.75, 3.05) is 6.61 Å². The summed E-state index contributed by atoms with van der Waals surface area (Å²) >= 11 is 0. The van der Waals surface area contributed by atoms with Crippen LogP contribution in [0.5, 0.6) is 5.75 Å². The summed E-state index contributed by atoms with van der Waals surface area (Å²) in [6.07, 6.45) is 8.31. The molecule has 0 fully saturated rings. The summed E-state index contributed by atoms with van der Waals surface area (Å²) in [6.45, 7) is 6.67. The molecule has 0 atom stereocenters. The average Bonchev–Trinajstić information content (AvgIpc) is 2.44. The number of rotatable bonds is 8. The Morgan fingerprint density at radius 2 is 2.11 bits per heavy atom. The van der Waals surface area contributed by atoms with E-state index in [0.717, 1.165) is 16.9 Å². The first-order valence-corrected chi connectivity index (χ1v) is 6.13. The van der Waals surface area contributed by atoms with E-state index in [0.29, 0.717) is 19.6 Å². The number of carbonyl (C=O) groups excluding carboxylic acids is 1. The van der Waals surface area contributed by atoms with Gasteiger partial charge in [0, 0.05) is 6.54 Å². The summed E-state index contributed by atoms with van der Waals surface area (Å²) in [7, 11) is 0. The molecule has 1 amide bonds. The minimum atomic E-state index is 0.502. The number of hydrogen-bond acceptors (Lipinski definition) is 2. The highest BCUT2D eigenvalue weighted by molar-refractivity contribution is 5.46. The molecular weight excluding hydrogens is 238 g/mol. The van der Waals surface area contributed by atoms with Gasteiger partial charge in [-0.2, -0.15) is 0 Å². The van der Waals surface area contributed by atoms with Crippen LogP contribution >= 0.6 is 0 Å². The predicted octanol–water partition coefficient (Wildman–Crippen LogP) is 3.00. The van der Waals surface area contributed by atoms with Crippen molar-refractivity contribution in [2.45, 2.75) is 13.5 Å². The Balaban J connectivity index is 2.55. The quantitative estimate of drug-likeness (QED) is 0.574. The summed E-state index contributed by atoms with van der Waals surface area (Å²) in [6, 6.07) is 7.64. The highest BCUT2D eigenvalue weighted by Gasteiger charge is 1.97. The van der Waals surface area contributed by atoms with E-state index in [1.165, 1.54) is 0 Å². The van der Waals surface area contributed by atoms with Gasteiger partial charge in [-0.15, -0.1) is 0 Å². The van der Waals surface area contributed by atoms with E-state index in [9.17, 15) is 4.79 Å². The first-order valence-electron chi connectivity index (χ1n) is 6.13. The maximum absolute atomic E-state index is 10.2. The third-order valence-electron chi connectivity index (χ3n) is 2.43. The van der Waals surface area contributed by atoms with Gasteiger partial charge < -0.3 is 10.1 Å². The van der Waals surface area contributed by atoms with Crippen LogP contribution in [0.15, 0.2) is 60.7 Å². The van der Waals surface area contributed by atoms with Gasteiger partial charge in [-0.25, -0.2) is 0 Å². The van der Waals surface area contributed by atoms with Gasteiger partial charge in [0.05, 0.1) is 0 Å². The highest BCUT2D eigenvalue weighted by Crippen LogP contribution is 2.13. The van der Waals surface area contributed by atoms with Crippen LogP contribution in [0.1, 0.15) is 12.5 Å². The number of amides is 1. The van der Waals surface area contributed by atoms with Crippen LogP contribution in [0, 0.1) is 0 Å². The van der Waals surface area contributed by atoms with Gasteiger partial charge in [-0.05, 0) is 30.2 Å². The van der Waals surface area contributed by atoms with Gasteiger partial charge in [0.15, 0.2) is 0 Å². The molecule has 3 nitrogen and oxygen atoms in total. The van der Waals surface area contributed by atoms with Crippen LogP contribution in [-0.4, -0.2) is 13.0 Å². The fraction of sp³-hybridized carbons (Fsp3) is 0.188. The summed E-state index contributed by atoms with van der Waals surface area (Å²) in [5, 5.41) is 2.62. The Labute approximate surface area is 114 Å². The summed E-state index contributed by atoms with van der Waals surface area (Å²) in [5.41, 5.74) is 2.10. The first kappa shape index (κ1) is 14.8. The van der Waals surface area contributed by atoms with Gasteiger partial charge in [-0.3, -0.25) is 4.79 Å². The van der Waals surface area contributed by atoms with E-state index in [2.05, 4.69) is 11.9 Å². The number of ether oxygens (including phenoxy) is 1. The second kappa shape index (κ2) is 8.75. The maximum Gasteiger partial charge on any atom is 0.207 e. The molecule has 0 radical (unpaired) electrons. The molecule has 0 aliphatic heterocycles. The third kappa shape index (κ3) is 5.73. The van der Waals surface area contributed by atoms with Crippen LogP contribution in [0.2, 0.25) is 0 Å². The number of nitrogens with one attached hydrogen (secondary N) is 1. The molecule has 1 aromatic carbocycles. The third-order valence-corrected chi connectivity index (χ3v) is 2.43. The second-order valence-electron chi connectivity index (χ2n) is 3.91. The lowest BCUT2D eigenvalue weighted by atomic mass is 10.2.